The molecule has 1 aromatic rings. The summed E-state index contributed by atoms with van der Waals surface area (Å²) in [6, 6.07) is 8.78. The van der Waals surface area contributed by atoms with E-state index in [0.29, 0.717) is 5.92 Å². The second-order valence-electron chi connectivity index (χ2n) is 5.98. The van der Waals surface area contributed by atoms with Crippen molar-refractivity contribution in [1.82, 2.24) is 0 Å². The Morgan fingerprint density at radius 2 is 1.71 bits per heavy atom. The first-order chi connectivity index (χ1) is 7.93. The van der Waals surface area contributed by atoms with Crippen LogP contribution in [0.1, 0.15) is 52.2 Å². The molecule has 1 nitrogen and oxygen atoms in total. The van der Waals surface area contributed by atoms with E-state index in [1.165, 1.54) is 17.5 Å². The molecule has 0 saturated heterocycles. The van der Waals surface area contributed by atoms with Crippen LogP contribution in [0.25, 0.3) is 0 Å². The molecule has 0 saturated carbocycles. The third-order valence-electron chi connectivity index (χ3n) is 3.19. The van der Waals surface area contributed by atoms with Crippen molar-refractivity contribution in [2.75, 3.05) is 6.61 Å². The average Bonchev–Trinajstić information content (AvgIpc) is 2.28. The first kappa shape index (κ1) is 14.2. The van der Waals surface area contributed by atoms with Gasteiger partial charge in [-0.3, -0.25) is 0 Å². The topological polar surface area (TPSA) is 9.23 Å². The maximum absolute atomic E-state index is 5.70. The summed E-state index contributed by atoms with van der Waals surface area (Å²) in [5, 5.41) is 0. The van der Waals surface area contributed by atoms with Crippen LogP contribution in [0.15, 0.2) is 24.3 Å². The molecule has 1 aromatic carbocycles. The smallest absolute Gasteiger partial charge is 0.0717 e. The summed E-state index contributed by atoms with van der Waals surface area (Å²) in [6.07, 6.45) is 1.18. The Kier molecular flexibility index (Phi) is 5.20. The Labute approximate surface area is 106 Å². The van der Waals surface area contributed by atoms with Crippen LogP contribution >= 0.6 is 0 Å². The highest BCUT2D eigenvalue weighted by molar-refractivity contribution is 5.27. The molecule has 1 unspecified atom stereocenters. The molecule has 0 bridgehead atoms. The second kappa shape index (κ2) is 6.20. The minimum absolute atomic E-state index is 0.232. The molecule has 0 aliphatic rings. The van der Waals surface area contributed by atoms with Gasteiger partial charge in [-0.05, 0) is 22.5 Å². The molecule has 0 N–H and O–H groups in total. The Bertz CT molecular complexity index is 318. The highest BCUT2D eigenvalue weighted by atomic mass is 16.5. The molecule has 17 heavy (non-hydrogen) atoms. The molecule has 0 radical (unpaired) electrons. The Morgan fingerprint density at radius 1 is 1.12 bits per heavy atom. The van der Waals surface area contributed by atoms with E-state index in [0.717, 1.165) is 13.2 Å². The predicted molar refractivity (Wildman–Crippen MR) is 74.3 cm³/mol. The van der Waals surface area contributed by atoms with Crippen LogP contribution in [0.4, 0.5) is 0 Å². The Hall–Kier alpha value is -0.820. The highest BCUT2D eigenvalue weighted by Crippen LogP contribution is 2.22. The van der Waals surface area contributed by atoms with Crippen molar-refractivity contribution in [1.29, 1.82) is 0 Å². The summed E-state index contributed by atoms with van der Waals surface area (Å²) in [7, 11) is 0. The lowest BCUT2D eigenvalue weighted by atomic mass is 9.87. The summed E-state index contributed by atoms with van der Waals surface area (Å²) < 4.78 is 5.70. The maximum atomic E-state index is 5.70. The lowest BCUT2D eigenvalue weighted by Gasteiger charge is -2.19. The first-order valence-corrected chi connectivity index (χ1v) is 6.60. The molecule has 96 valence electrons. The standard InChI is InChI=1S/C16H26O/c1-6-13(2)11-17-12-14-7-9-15(10-8-14)16(3,4)5/h7-10,13H,6,11-12H2,1-5H3. The van der Waals surface area contributed by atoms with Gasteiger partial charge in [-0.25, -0.2) is 0 Å². The summed E-state index contributed by atoms with van der Waals surface area (Å²) in [6.45, 7) is 12.7. The third kappa shape index (κ3) is 4.91. The van der Waals surface area contributed by atoms with E-state index in [1.54, 1.807) is 0 Å². The molecule has 0 aliphatic carbocycles. The van der Waals surface area contributed by atoms with Crippen LogP contribution in [0.2, 0.25) is 0 Å². The third-order valence-corrected chi connectivity index (χ3v) is 3.19. The van der Waals surface area contributed by atoms with Gasteiger partial charge >= 0.3 is 0 Å². The molecule has 0 amide bonds. The summed E-state index contributed by atoms with van der Waals surface area (Å²) >= 11 is 0. The van der Waals surface area contributed by atoms with E-state index < -0.39 is 0 Å². The number of ether oxygens (including phenoxy) is 1. The van der Waals surface area contributed by atoms with E-state index in [2.05, 4.69) is 58.9 Å². The zero-order valence-electron chi connectivity index (χ0n) is 11.9. The zero-order valence-corrected chi connectivity index (χ0v) is 11.9. The van der Waals surface area contributed by atoms with Gasteiger partial charge in [0.25, 0.3) is 0 Å². The van der Waals surface area contributed by atoms with Crippen LogP contribution in [-0.2, 0) is 16.8 Å². The van der Waals surface area contributed by atoms with Crippen molar-refractivity contribution in [3.8, 4) is 0 Å². The van der Waals surface area contributed by atoms with Gasteiger partial charge in [0, 0.05) is 6.61 Å². The van der Waals surface area contributed by atoms with Gasteiger partial charge in [-0.15, -0.1) is 0 Å². The van der Waals surface area contributed by atoms with Gasteiger partial charge < -0.3 is 4.74 Å². The number of benzene rings is 1. The molecular formula is C16H26O. The normalized spacial score (nSPS) is 13.7. The molecule has 0 spiro atoms. The van der Waals surface area contributed by atoms with E-state index in [9.17, 15) is 0 Å². The lowest BCUT2D eigenvalue weighted by Crippen LogP contribution is -2.11. The van der Waals surface area contributed by atoms with Crippen molar-refractivity contribution in [3.05, 3.63) is 35.4 Å². The SMILES string of the molecule is CCC(C)COCc1ccc(C(C)(C)C)cc1. The fourth-order valence-corrected chi connectivity index (χ4v) is 1.60. The molecule has 0 heterocycles. The van der Waals surface area contributed by atoms with Crippen LogP contribution < -0.4 is 0 Å². The minimum atomic E-state index is 0.232. The molecule has 1 rings (SSSR count). The fourth-order valence-electron chi connectivity index (χ4n) is 1.60. The van der Waals surface area contributed by atoms with Gasteiger partial charge in [0.05, 0.1) is 6.61 Å². The fraction of sp³-hybridized carbons (Fsp3) is 0.625. The number of hydrogen-bond donors (Lipinski definition) is 0. The zero-order chi connectivity index (χ0) is 12.9. The maximum Gasteiger partial charge on any atom is 0.0717 e. The van der Waals surface area contributed by atoms with Gasteiger partial charge in [0.15, 0.2) is 0 Å². The number of rotatable bonds is 5. The van der Waals surface area contributed by atoms with Crippen LogP contribution in [0.3, 0.4) is 0 Å². The predicted octanol–water partition coefficient (Wildman–Crippen LogP) is 4.55. The summed E-state index contributed by atoms with van der Waals surface area (Å²) in [4.78, 5) is 0. The molecule has 0 fully saturated rings. The van der Waals surface area contributed by atoms with Crippen LogP contribution in [0, 0.1) is 5.92 Å². The Balaban J connectivity index is 2.46. The number of hydrogen-bond acceptors (Lipinski definition) is 1. The van der Waals surface area contributed by atoms with Crippen molar-refractivity contribution in [2.24, 2.45) is 5.92 Å². The lowest BCUT2D eigenvalue weighted by molar-refractivity contribution is 0.0910. The van der Waals surface area contributed by atoms with Crippen LogP contribution in [0.5, 0.6) is 0 Å². The largest absolute Gasteiger partial charge is 0.376 e. The highest BCUT2D eigenvalue weighted by Gasteiger charge is 2.12. The van der Waals surface area contributed by atoms with Crippen molar-refractivity contribution in [2.45, 2.75) is 53.1 Å². The van der Waals surface area contributed by atoms with Gasteiger partial charge in [0.2, 0.25) is 0 Å². The molecule has 1 atom stereocenters. The van der Waals surface area contributed by atoms with Gasteiger partial charge in [-0.2, -0.15) is 0 Å². The molecular weight excluding hydrogens is 208 g/mol. The average molecular weight is 234 g/mol. The quantitative estimate of drug-likeness (QED) is 0.726. The van der Waals surface area contributed by atoms with Crippen molar-refractivity contribution < 1.29 is 4.74 Å². The summed E-state index contributed by atoms with van der Waals surface area (Å²) in [5.41, 5.74) is 2.88. The first-order valence-electron chi connectivity index (χ1n) is 6.60. The van der Waals surface area contributed by atoms with E-state index in [4.69, 9.17) is 4.74 Å². The van der Waals surface area contributed by atoms with E-state index in [1.807, 2.05) is 0 Å². The van der Waals surface area contributed by atoms with Crippen molar-refractivity contribution in [3.63, 3.8) is 0 Å². The monoisotopic (exact) mass is 234 g/mol. The second-order valence-corrected chi connectivity index (χ2v) is 5.98. The Morgan fingerprint density at radius 3 is 2.18 bits per heavy atom. The van der Waals surface area contributed by atoms with E-state index in [-0.39, 0.29) is 5.41 Å². The van der Waals surface area contributed by atoms with E-state index >= 15 is 0 Å². The minimum Gasteiger partial charge on any atom is -0.376 e. The van der Waals surface area contributed by atoms with Gasteiger partial charge in [-0.1, -0.05) is 65.3 Å². The molecule has 0 aliphatic heterocycles. The summed E-state index contributed by atoms with van der Waals surface area (Å²) in [5.74, 6) is 0.656. The molecule has 0 aromatic heterocycles. The van der Waals surface area contributed by atoms with Gasteiger partial charge in [0.1, 0.15) is 0 Å². The van der Waals surface area contributed by atoms with Crippen molar-refractivity contribution >= 4 is 0 Å². The molecule has 1 heteroatoms. The van der Waals surface area contributed by atoms with Crippen LogP contribution in [-0.4, -0.2) is 6.61 Å².